The van der Waals surface area contributed by atoms with Crippen molar-refractivity contribution in [1.82, 2.24) is 5.32 Å². The fourth-order valence-electron chi connectivity index (χ4n) is 2.43. The molecule has 0 aromatic heterocycles. The molecular weight excluding hydrogens is 495 g/mol. The van der Waals surface area contributed by atoms with Crippen LogP contribution in [0.1, 0.15) is 12.5 Å². The maximum Gasteiger partial charge on any atom is 0.272 e. The number of methoxy groups -OCH3 is 1. The van der Waals surface area contributed by atoms with E-state index in [-0.39, 0.29) is 24.0 Å². The average molecular weight is 521 g/mol. The van der Waals surface area contributed by atoms with Gasteiger partial charge in [-0.15, -0.1) is 24.0 Å². The Balaban J connectivity index is 0.00000420. The van der Waals surface area contributed by atoms with Crippen molar-refractivity contribution in [3.05, 3.63) is 48.0 Å². The van der Waals surface area contributed by atoms with Crippen LogP contribution in [0.4, 0.5) is 14.5 Å². The standard InChI is InChI=1S/C20H25F2N3O3.HI/c1-4-27-17-9-8-15(11-18(17)26-3)25-20(23-2)24-12-14-6-5-7-16(10-14)28-13-19(21)22;/h5-11,19H,4,12-13H2,1-3H3,(H2,23,24,25);1H. The first-order valence-electron chi connectivity index (χ1n) is 8.84. The number of ether oxygens (including phenoxy) is 3. The van der Waals surface area contributed by atoms with Gasteiger partial charge in [0.05, 0.1) is 13.7 Å². The Hall–Kier alpha value is -2.30. The van der Waals surface area contributed by atoms with Crippen molar-refractivity contribution in [3.8, 4) is 17.2 Å². The molecule has 2 rings (SSSR count). The second-order valence-electron chi connectivity index (χ2n) is 5.70. The summed E-state index contributed by atoms with van der Waals surface area (Å²) in [4.78, 5) is 4.19. The van der Waals surface area contributed by atoms with Gasteiger partial charge in [-0.3, -0.25) is 4.99 Å². The fourth-order valence-corrected chi connectivity index (χ4v) is 2.43. The van der Waals surface area contributed by atoms with E-state index in [9.17, 15) is 8.78 Å². The molecule has 0 amide bonds. The number of hydrogen-bond donors (Lipinski definition) is 2. The number of guanidine groups is 1. The first-order valence-corrected chi connectivity index (χ1v) is 8.84. The van der Waals surface area contributed by atoms with E-state index in [2.05, 4.69) is 15.6 Å². The van der Waals surface area contributed by atoms with Gasteiger partial charge >= 0.3 is 0 Å². The minimum Gasteiger partial charge on any atom is -0.493 e. The summed E-state index contributed by atoms with van der Waals surface area (Å²) in [6.07, 6.45) is -2.50. The first kappa shape index (κ1) is 24.7. The normalized spacial score (nSPS) is 10.9. The smallest absolute Gasteiger partial charge is 0.272 e. The van der Waals surface area contributed by atoms with Gasteiger partial charge in [-0.2, -0.15) is 0 Å². The highest BCUT2D eigenvalue weighted by Crippen LogP contribution is 2.30. The predicted octanol–water partition coefficient (Wildman–Crippen LogP) is 4.54. The van der Waals surface area contributed by atoms with Crippen LogP contribution < -0.4 is 24.8 Å². The molecule has 160 valence electrons. The van der Waals surface area contributed by atoms with Crippen molar-refractivity contribution in [3.63, 3.8) is 0 Å². The van der Waals surface area contributed by atoms with Crippen molar-refractivity contribution in [2.45, 2.75) is 19.9 Å². The fraction of sp³-hybridized carbons (Fsp3) is 0.350. The summed E-state index contributed by atoms with van der Waals surface area (Å²) in [5.74, 6) is 2.23. The number of nitrogens with zero attached hydrogens (tertiary/aromatic N) is 1. The number of hydrogen-bond acceptors (Lipinski definition) is 4. The van der Waals surface area contributed by atoms with Crippen LogP contribution in [0.2, 0.25) is 0 Å². The van der Waals surface area contributed by atoms with Gasteiger partial charge in [0, 0.05) is 25.3 Å². The largest absolute Gasteiger partial charge is 0.493 e. The molecule has 29 heavy (non-hydrogen) atoms. The molecule has 0 aliphatic heterocycles. The monoisotopic (exact) mass is 521 g/mol. The van der Waals surface area contributed by atoms with Crippen molar-refractivity contribution >= 4 is 35.6 Å². The van der Waals surface area contributed by atoms with E-state index in [4.69, 9.17) is 14.2 Å². The lowest BCUT2D eigenvalue weighted by atomic mass is 10.2. The highest BCUT2D eigenvalue weighted by atomic mass is 127. The summed E-state index contributed by atoms with van der Waals surface area (Å²) in [5, 5.41) is 6.34. The Morgan fingerprint density at radius 2 is 1.90 bits per heavy atom. The highest BCUT2D eigenvalue weighted by Gasteiger charge is 2.08. The van der Waals surface area contributed by atoms with Crippen molar-refractivity contribution < 1.29 is 23.0 Å². The van der Waals surface area contributed by atoms with Gasteiger partial charge in [0.1, 0.15) is 12.4 Å². The number of nitrogens with one attached hydrogen (secondary N) is 2. The lowest BCUT2D eigenvalue weighted by Crippen LogP contribution is -2.30. The maximum absolute atomic E-state index is 12.3. The number of halogens is 3. The molecule has 2 N–H and O–H groups in total. The lowest BCUT2D eigenvalue weighted by molar-refractivity contribution is 0.0818. The summed E-state index contributed by atoms with van der Waals surface area (Å²) >= 11 is 0. The van der Waals surface area contributed by atoms with Crippen LogP contribution in [0.25, 0.3) is 0 Å². The van der Waals surface area contributed by atoms with Crippen LogP contribution in [0.15, 0.2) is 47.5 Å². The molecule has 0 spiro atoms. The third-order valence-electron chi connectivity index (χ3n) is 3.68. The van der Waals surface area contributed by atoms with Gasteiger partial charge in [-0.1, -0.05) is 12.1 Å². The number of aliphatic imine (C=N–C) groups is 1. The van der Waals surface area contributed by atoms with Crippen molar-refractivity contribution in [1.29, 1.82) is 0 Å². The summed E-state index contributed by atoms with van der Waals surface area (Å²) in [6, 6.07) is 12.5. The van der Waals surface area contributed by atoms with Gasteiger partial charge in [0.2, 0.25) is 0 Å². The molecule has 0 atom stereocenters. The van der Waals surface area contributed by atoms with E-state index in [1.807, 2.05) is 31.2 Å². The lowest BCUT2D eigenvalue weighted by Gasteiger charge is -2.15. The van der Waals surface area contributed by atoms with Gasteiger partial charge < -0.3 is 24.8 Å². The summed E-state index contributed by atoms with van der Waals surface area (Å²) in [6.45, 7) is 2.27. The zero-order valence-corrected chi connectivity index (χ0v) is 18.9. The predicted molar refractivity (Wildman–Crippen MR) is 121 cm³/mol. The van der Waals surface area contributed by atoms with Gasteiger partial charge in [-0.25, -0.2) is 8.78 Å². The number of benzene rings is 2. The van der Waals surface area contributed by atoms with E-state index in [0.717, 1.165) is 11.3 Å². The molecule has 0 heterocycles. The highest BCUT2D eigenvalue weighted by molar-refractivity contribution is 14.0. The maximum atomic E-state index is 12.3. The Kier molecular flexibility index (Phi) is 11.1. The molecule has 0 saturated carbocycles. The number of alkyl halides is 2. The number of anilines is 1. The molecule has 0 unspecified atom stereocenters. The van der Waals surface area contributed by atoms with Crippen molar-refractivity contribution in [2.24, 2.45) is 4.99 Å². The molecule has 0 saturated heterocycles. The average Bonchev–Trinajstić information content (AvgIpc) is 2.71. The molecule has 0 aliphatic carbocycles. The minimum atomic E-state index is -2.50. The third-order valence-corrected chi connectivity index (χ3v) is 3.68. The van der Waals surface area contributed by atoms with Crippen LogP contribution in [-0.2, 0) is 6.54 Å². The van der Waals surface area contributed by atoms with Crippen LogP contribution in [0.3, 0.4) is 0 Å². The Bertz CT molecular complexity index is 791. The molecule has 2 aromatic rings. The molecule has 0 bridgehead atoms. The zero-order chi connectivity index (χ0) is 20.4. The number of rotatable bonds is 9. The summed E-state index contributed by atoms with van der Waals surface area (Å²) in [7, 11) is 3.24. The molecule has 0 fully saturated rings. The topological polar surface area (TPSA) is 64.1 Å². The second-order valence-corrected chi connectivity index (χ2v) is 5.70. The van der Waals surface area contributed by atoms with E-state index >= 15 is 0 Å². The van der Waals surface area contributed by atoms with Crippen LogP contribution >= 0.6 is 24.0 Å². The van der Waals surface area contributed by atoms with Crippen molar-refractivity contribution in [2.75, 3.05) is 32.7 Å². The van der Waals surface area contributed by atoms with Gasteiger partial charge in [0.25, 0.3) is 6.43 Å². The Morgan fingerprint density at radius 1 is 1.10 bits per heavy atom. The van der Waals surface area contributed by atoms with Gasteiger partial charge in [-0.05, 0) is 36.8 Å². The molecule has 0 radical (unpaired) electrons. The van der Waals surface area contributed by atoms with Crippen LogP contribution in [0, 0.1) is 0 Å². The van der Waals surface area contributed by atoms with E-state index in [1.165, 1.54) is 0 Å². The SMILES string of the molecule is CCOc1ccc(NC(=NC)NCc2cccc(OCC(F)F)c2)cc1OC.I. The van der Waals surface area contributed by atoms with E-state index in [1.54, 1.807) is 32.4 Å². The quantitative estimate of drug-likeness (QED) is 0.288. The molecular formula is C20H26F2IN3O3. The van der Waals surface area contributed by atoms with E-state index in [0.29, 0.717) is 36.4 Å². The Labute approximate surface area is 186 Å². The summed E-state index contributed by atoms with van der Waals surface area (Å²) in [5.41, 5.74) is 1.65. The minimum absolute atomic E-state index is 0. The molecule has 2 aromatic carbocycles. The molecule has 9 heteroatoms. The van der Waals surface area contributed by atoms with E-state index < -0.39 is 13.0 Å². The Morgan fingerprint density at radius 3 is 2.55 bits per heavy atom. The second kappa shape index (κ2) is 13.0. The first-order chi connectivity index (χ1) is 13.5. The van der Waals surface area contributed by atoms with Crippen LogP contribution in [0.5, 0.6) is 17.2 Å². The molecule has 6 nitrogen and oxygen atoms in total. The van der Waals surface area contributed by atoms with Gasteiger partial charge in [0.15, 0.2) is 17.5 Å². The molecule has 0 aliphatic rings. The van der Waals surface area contributed by atoms with Crippen LogP contribution in [-0.4, -0.2) is 39.8 Å². The summed E-state index contributed by atoms with van der Waals surface area (Å²) < 4.78 is 40.4. The third kappa shape index (κ3) is 8.30. The zero-order valence-electron chi connectivity index (χ0n) is 16.6.